The molecule has 0 fully saturated rings. The van der Waals surface area contributed by atoms with E-state index >= 15 is 0 Å². The summed E-state index contributed by atoms with van der Waals surface area (Å²) in [6.45, 7) is 5.32. The maximum atomic E-state index is 12.7. The molecule has 0 radical (unpaired) electrons. The number of carbonyl (C=O) groups excluding carboxylic acids is 2. The van der Waals surface area contributed by atoms with Crippen LogP contribution in [0.5, 0.6) is 0 Å². The molecule has 8 heteroatoms. The number of benzene rings is 2. The molecule has 2 aromatic rings. The van der Waals surface area contributed by atoms with E-state index in [0.717, 1.165) is 22.3 Å². The van der Waals surface area contributed by atoms with Crippen LogP contribution in [0.1, 0.15) is 50.7 Å². The molecule has 1 aliphatic rings. The molecule has 182 valence electrons. The summed E-state index contributed by atoms with van der Waals surface area (Å²) >= 11 is 0. The highest BCUT2D eigenvalue weighted by Gasteiger charge is 2.32. The Labute approximate surface area is 199 Å². The molecule has 0 saturated heterocycles. The minimum absolute atomic E-state index is 0.0753. The maximum Gasteiger partial charge on any atom is 0.407 e. The van der Waals surface area contributed by atoms with Crippen LogP contribution >= 0.6 is 0 Å². The van der Waals surface area contributed by atoms with Gasteiger partial charge in [0.05, 0.1) is 5.60 Å². The topological polar surface area (TPSA) is 114 Å². The molecule has 1 unspecified atom stereocenters. The molecule has 3 N–H and O–H groups in total. The van der Waals surface area contributed by atoms with Crippen LogP contribution in [0, 0.1) is 0 Å². The van der Waals surface area contributed by atoms with E-state index < -0.39 is 35.7 Å². The van der Waals surface area contributed by atoms with E-state index in [1.54, 1.807) is 20.8 Å². The summed E-state index contributed by atoms with van der Waals surface area (Å²) in [7, 11) is 1.48. The zero-order valence-corrected chi connectivity index (χ0v) is 20.0. The van der Waals surface area contributed by atoms with Crippen LogP contribution in [0.25, 0.3) is 11.1 Å². The van der Waals surface area contributed by atoms with Crippen molar-refractivity contribution in [3.63, 3.8) is 0 Å². The number of rotatable bonds is 10. The number of methoxy groups -OCH3 is 1. The molecule has 2 amide bonds. The standard InChI is InChI=1S/C26H32N2O6/c1-5-21(23(29)27-22(24(30)31)14-26(2,3)33-4)28-25(32)34-15-20-18-12-8-6-10-16(18)17-11-7-9-13-19(17)20/h6-13,20-22H,5,14-15H2,1-4H3,(H,27,29)(H,28,32)(H,30,31)/t21-,22?/m0/s1. The van der Waals surface area contributed by atoms with Crippen molar-refractivity contribution in [3.8, 4) is 11.1 Å². The van der Waals surface area contributed by atoms with Gasteiger partial charge in [-0.15, -0.1) is 0 Å². The molecule has 0 heterocycles. The zero-order chi connectivity index (χ0) is 24.9. The highest BCUT2D eigenvalue weighted by molar-refractivity contribution is 5.89. The minimum Gasteiger partial charge on any atom is -0.480 e. The molecular weight excluding hydrogens is 436 g/mol. The lowest BCUT2D eigenvalue weighted by atomic mass is 9.98. The Bertz CT molecular complexity index is 1010. The van der Waals surface area contributed by atoms with Crippen molar-refractivity contribution in [2.75, 3.05) is 13.7 Å². The Morgan fingerprint density at radius 1 is 0.971 bits per heavy atom. The Balaban J connectivity index is 1.61. The molecule has 0 saturated carbocycles. The van der Waals surface area contributed by atoms with Crippen molar-refractivity contribution in [2.45, 2.75) is 57.2 Å². The molecule has 0 aromatic heterocycles. The molecule has 2 atom stereocenters. The van der Waals surface area contributed by atoms with Crippen molar-refractivity contribution >= 4 is 18.0 Å². The van der Waals surface area contributed by atoms with E-state index in [2.05, 4.69) is 22.8 Å². The van der Waals surface area contributed by atoms with Crippen molar-refractivity contribution < 1.29 is 29.0 Å². The van der Waals surface area contributed by atoms with Crippen molar-refractivity contribution in [1.82, 2.24) is 10.6 Å². The van der Waals surface area contributed by atoms with Gasteiger partial charge in [0.2, 0.25) is 5.91 Å². The first-order valence-corrected chi connectivity index (χ1v) is 11.4. The summed E-state index contributed by atoms with van der Waals surface area (Å²) in [6, 6.07) is 13.9. The summed E-state index contributed by atoms with van der Waals surface area (Å²) in [5, 5.41) is 14.6. The number of ether oxygens (including phenoxy) is 2. The molecule has 0 aliphatic heterocycles. The largest absolute Gasteiger partial charge is 0.480 e. The van der Waals surface area contributed by atoms with E-state index in [0.29, 0.717) is 0 Å². The summed E-state index contributed by atoms with van der Waals surface area (Å²) in [6.07, 6.45) is -0.380. The van der Waals surface area contributed by atoms with Gasteiger partial charge in [0.1, 0.15) is 18.7 Å². The summed E-state index contributed by atoms with van der Waals surface area (Å²) in [5.74, 6) is -1.86. The molecule has 34 heavy (non-hydrogen) atoms. The van der Waals surface area contributed by atoms with E-state index in [9.17, 15) is 19.5 Å². The third kappa shape index (κ3) is 5.75. The fourth-order valence-corrected chi connectivity index (χ4v) is 4.18. The minimum atomic E-state index is -1.17. The first-order valence-electron chi connectivity index (χ1n) is 11.4. The number of carbonyl (C=O) groups is 3. The lowest BCUT2D eigenvalue weighted by Crippen LogP contribution is -2.53. The van der Waals surface area contributed by atoms with Gasteiger partial charge in [-0.3, -0.25) is 4.79 Å². The maximum absolute atomic E-state index is 12.7. The van der Waals surface area contributed by atoms with Gasteiger partial charge in [0, 0.05) is 19.4 Å². The van der Waals surface area contributed by atoms with E-state index in [1.165, 1.54) is 7.11 Å². The number of amides is 2. The number of hydrogen-bond acceptors (Lipinski definition) is 5. The van der Waals surface area contributed by atoms with Crippen LogP contribution in [-0.2, 0) is 19.1 Å². The quantitative estimate of drug-likeness (QED) is 0.490. The second-order valence-electron chi connectivity index (χ2n) is 9.00. The summed E-state index contributed by atoms with van der Waals surface area (Å²) < 4.78 is 10.8. The second-order valence-corrected chi connectivity index (χ2v) is 9.00. The molecule has 0 spiro atoms. The Morgan fingerprint density at radius 3 is 2.03 bits per heavy atom. The predicted octanol–water partition coefficient (Wildman–Crippen LogP) is 3.69. The molecule has 3 rings (SSSR count). The van der Waals surface area contributed by atoms with Crippen LogP contribution in [0.2, 0.25) is 0 Å². The van der Waals surface area contributed by atoms with Crippen LogP contribution in [0.15, 0.2) is 48.5 Å². The number of hydrogen-bond donors (Lipinski definition) is 3. The zero-order valence-electron chi connectivity index (χ0n) is 20.0. The average molecular weight is 469 g/mol. The molecule has 0 bridgehead atoms. The van der Waals surface area contributed by atoms with Gasteiger partial charge in [-0.2, -0.15) is 0 Å². The molecule has 2 aromatic carbocycles. The molecular formula is C26H32N2O6. The fraction of sp³-hybridized carbons (Fsp3) is 0.423. The van der Waals surface area contributed by atoms with Crippen LogP contribution in [0.4, 0.5) is 4.79 Å². The Kier molecular flexibility index (Phi) is 7.94. The van der Waals surface area contributed by atoms with E-state index in [-0.39, 0.29) is 25.4 Å². The van der Waals surface area contributed by atoms with Crippen LogP contribution < -0.4 is 10.6 Å². The third-order valence-corrected chi connectivity index (χ3v) is 6.22. The number of carboxylic acids is 1. The predicted molar refractivity (Wildman–Crippen MR) is 128 cm³/mol. The van der Waals surface area contributed by atoms with Gasteiger partial charge in [-0.05, 0) is 42.5 Å². The van der Waals surface area contributed by atoms with Gasteiger partial charge >= 0.3 is 12.1 Å². The SMILES string of the molecule is CC[C@H](NC(=O)OCC1c2ccccc2-c2ccccc21)C(=O)NC(CC(C)(C)OC)C(=O)O. The van der Waals surface area contributed by atoms with E-state index in [4.69, 9.17) is 9.47 Å². The first kappa shape index (κ1) is 25.2. The monoisotopic (exact) mass is 468 g/mol. The van der Waals surface area contributed by atoms with Crippen LogP contribution in [-0.4, -0.2) is 54.5 Å². The normalized spacial score (nSPS) is 14.5. The number of carboxylic acid groups (broad SMARTS) is 1. The Hall–Kier alpha value is -3.39. The molecule has 8 nitrogen and oxygen atoms in total. The molecule has 1 aliphatic carbocycles. The average Bonchev–Trinajstić information content (AvgIpc) is 3.14. The fourth-order valence-electron chi connectivity index (χ4n) is 4.18. The second kappa shape index (κ2) is 10.7. The Morgan fingerprint density at radius 2 is 1.53 bits per heavy atom. The first-order chi connectivity index (χ1) is 16.2. The highest BCUT2D eigenvalue weighted by atomic mass is 16.5. The van der Waals surface area contributed by atoms with Gasteiger partial charge in [0.15, 0.2) is 0 Å². The number of fused-ring (bicyclic) bond motifs is 3. The van der Waals surface area contributed by atoms with Gasteiger partial charge in [-0.25, -0.2) is 9.59 Å². The van der Waals surface area contributed by atoms with Crippen molar-refractivity contribution in [1.29, 1.82) is 0 Å². The van der Waals surface area contributed by atoms with Gasteiger partial charge in [-0.1, -0.05) is 55.5 Å². The lowest BCUT2D eigenvalue weighted by Gasteiger charge is -2.28. The van der Waals surface area contributed by atoms with Gasteiger partial charge in [0.25, 0.3) is 0 Å². The lowest BCUT2D eigenvalue weighted by molar-refractivity contribution is -0.144. The third-order valence-electron chi connectivity index (χ3n) is 6.22. The number of nitrogens with one attached hydrogen (secondary N) is 2. The smallest absolute Gasteiger partial charge is 0.407 e. The van der Waals surface area contributed by atoms with Crippen molar-refractivity contribution in [2.24, 2.45) is 0 Å². The van der Waals surface area contributed by atoms with E-state index in [1.807, 2.05) is 36.4 Å². The number of aliphatic carboxylic acids is 1. The van der Waals surface area contributed by atoms with Crippen LogP contribution in [0.3, 0.4) is 0 Å². The summed E-state index contributed by atoms with van der Waals surface area (Å²) in [4.78, 5) is 36.9. The highest BCUT2D eigenvalue weighted by Crippen LogP contribution is 2.44. The van der Waals surface area contributed by atoms with Gasteiger partial charge < -0.3 is 25.2 Å². The number of alkyl carbamates (subject to hydrolysis) is 1. The summed E-state index contributed by atoms with van der Waals surface area (Å²) in [5.41, 5.74) is 3.68. The van der Waals surface area contributed by atoms with Crippen molar-refractivity contribution in [3.05, 3.63) is 59.7 Å².